The minimum Gasteiger partial charge on any atom is -0.492 e. The summed E-state index contributed by atoms with van der Waals surface area (Å²) in [6, 6.07) is 7.95. The number of rotatable bonds is 10. The fraction of sp³-hybridized carbons (Fsp3) is 0.471. The number of amides is 1. The van der Waals surface area contributed by atoms with Crippen molar-refractivity contribution in [1.82, 2.24) is 15.5 Å². The smallest absolute Gasteiger partial charge is 0.230 e. The van der Waals surface area contributed by atoms with Gasteiger partial charge in [-0.25, -0.2) is 0 Å². The van der Waals surface area contributed by atoms with Crippen LogP contribution in [0.2, 0.25) is 0 Å². The zero-order valence-electron chi connectivity index (χ0n) is 14.7. The van der Waals surface area contributed by atoms with Gasteiger partial charge in [0.1, 0.15) is 5.75 Å². The zero-order chi connectivity index (χ0) is 18.1. The molecule has 0 spiro atoms. The lowest BCUT2D eigenvalue weighted by molar-refractivity contribution is -0.119. The van der Waals surface area contributed by atoms with Gasteiger partial charge < -0.3 is 15.4 Å². The quantitative estimate of drug-likeness (QED) is 0.605. The Morgan fingerprint density at radius 1 is 1.24 bits per heavy atom. The summed E-state index contributed by atoms with van der Waals surface area (Å²) in [6.07, 6.45) is 1.89. The maximum Gasteiger partial charge on any atom is 0.230 e. The van der Waals surface area contributed by atoms with E-state index in [0.29, 0.717) is 17.5 Å². The maximum absolute atomic E-state index is 12.0. The van der Waals surface area contributed by atoms with Gasteiger partial charge in [0.25, 0.3) is 0 Å². The van der Waals surface area contributed by atoms with E-state index in [1.165, 1.54) is 23.1 Å². The largest absolute Gasteiger partial charge is 0.492 e. The number of para-hydroxylation sites is 2. The maximum atomic E-state index is 12.0. The van der Waals surface area contributed by atoms with Gasteiger partial charge in [-0.2, -0.15) is 0 Å². The van der Waals surface area contributed by atoms with Gasteiger partial charge in [0.2, 0.25) is 11.0 Å². The average molecular weight is 381 g/mol. The number of anilines is 2. The van der Waals surface area contributed by atoms with Crippen molar-refractivity contribution >= 4 is 39.8 Å². The third kappa shape index (κ3) is 6.21. The van der Waals surface area contributed by atoms with Gasteiger partial charge in [-0.1, -0.05) is 49.1 Å². The predicted molar refractivity (Wildman–Crippen MR) is 104 cm³/mol. The molecule has 0 aliphatic rings. The second-order valence-electron chi connectivity index (χ2n) is 5.30. The third-order valence-electron chi connectivity index (χ3n) is 3.51. The van der Waals surface area contributed by atoms with Crippen molar-refractivity contribution < 1.29 is 9.53 Å². The first-order valence-corrected chi connectivity index (χ1v) is 10.2. The molecular weight excluding hydrogens is 356 g/mol. The van der Waals surface area contributed by atoms with Crippen molar-refractivity contribution in [3.63, 3.8) is 0 Å². The number of hydrogen-bond acceptors (Lipinski definition) is 7. The number of hydrogen-bond donors (Lipinski definition) is 2. The molecule has 0 saturated carbocycles. The number of thioether (sulfide) groups is 1. The molecule has 8 heteroatoms. The van der Waals surface area contributed by atoms with E-state index in [9.17, 15) is 4.79 Å². The van der Waals surface area contributed by atoms with Crippen molar-refractivity contribution in [2.24, 2.45) is 0 Å². The Labute approximate surface area is 156 Å². The summed E-state index contributed by atoms with van der Waals surface area (Å²) in [5.41, 5.74) is 0.850. The number of nitrogens with zero attached hydrogens (tertiary/aromatic N) is 2. The Morgan fingerprint density at radius 2 is 2.00 bits per heavy atom. The van der Waals surface area contributed by atoms with Gasteiger partial charge in [0.15, 0.2) is 4.34 Å². The van der Waals surface area contributed by atoms with Crippen LogP contribution in [0.25, 0.3) is 0 Å². The molecule has 2 rings (SSSR count). The van der Waals surface area contributed by atoms with Gasteiger partial charge in [0, 0.05) is 6.04 Å². The number of carbonyl (C=O) groups excluding carboxylic acids is 1. The number of ether oxygens (including phenoxy) is 1. The van der Waals surface area contributed by atoms with Crippen molar-refractivity contribution in [2.45, 2.75) is 44.0 Å². The van der Waals surface area contributed by atoms with Crippen LogP contribution in [0.15, 0.2) is 28.6 Å². The van der Waals surface area contributed by atoms with Crippen molar-refractivity contribution in [1.29, 1.82) is 0 Å². The highest BCUT2D eigenvalue weighted by atomic mass is 32.2. The fourth-order valence-electron chi connectivity index (χ4n) is 2.17. The number of nitrogens with one attached hydrogen (secondary N) is 2. The van der Waals surface area contributed by atoms with E-state index in [1.54, 1.807) is 0 Å². The van der Waals surface area contributed by atoms with Crippen LogP contribution >= 0.6 is 23.1 Å². The first-order valence-electron chi connectivity index (χ1n) is 8.40. The lowest BCUT2D eigenvalue weighted by Crippen LogP contribution is -2.34. The molecule has 2 N–H and O–H groups in total. The van der Waals surface area contributed by atoms with E-state index in [4.69, 9.17) is 4.74 Å². The Hall–Kier alpha value is -1.80. The van der Waals surface area contributed by atoms with Crippen molar-refractivity contribution in [3.05, 3.63) is 24.3 Å². The SMILES string of the molecule is CCOc1ccccc1Nc1nnc(SCC(=O)NC(CC)CC)s1. The third-order valence-corrected chi connectivity index (χ3v) is 5.48. The molecule has 1 heterocycles. The highest BCUT2D eigenvalue weighted by Gasteiger charge is 2.12. The molecular formula is C17H24N4O2S2. The van der Waals surface area contributed by atoms with Crippen LogP contribution < -0.4 is 15.4 Å². The van der Waals surface area contributed by atoms with Crippen LogP contribution in [0, 0.1) is 0 Å². The summed E-state index contributed by atoms with van der Waals surface area (Å²) >= 11 is 2.82. The summed E-state index contributed by atoms with van der Waals surface area (Å²) < 4.78 is 6.35. The predicted octanol–water partition coefficient (Wildman–Crippen LogP) is 4.08. The summed E-state index contributed by atoms with van der Waals surface area (Å²) in [5, 5.41) is 15.2. The molecule has 0 atom stereocenters. The number of carbonyl (C=O) groups is 1. The van der Waals surface area contributed by atoms with Crippen LogP contribution in [0.5, 0.6) is 5.75 Å². The van der Waals surface area contributed by atoms with Crippen LogP contribution in [0.1, 0.15) is 33.6 Å². The highest BCUT2D eigenvalue weighted by molar-refractivity contribution is 8.01. The first kappa shape index (κ1) is 19.5. The Balaban J connectivity index is 1.89. The standard InChI is InChI=1S/C17H24N4O2S2/c1-4-12(5-2)18-15(22)11-24-17-21-20-16(25-17)19-13-9-7-8-10-14(13)23-6-3/h7-10,12H,4-6,11H2,1-3H3,(H,18,22)(H,19,20). The van der Waals surface area contributed by atoms with E-state index in [2.05, 4.69) is 34.7 Å². The minimum absolute atomic E-state index is 0.0325. The summed E-state index contributed by atoms with van der Waals surface area (Å²) in [7, 11) is 0. The Kier molecular flexibility index (Phi) is 8.00. The lowest BCUT2D eigenvalue weighted by atomic mass is 10.2. The van der Waals surface area contributed by atoms with Crippen molar-refractivity contribution in [3.8, 4) is 5.75 Å². The second-order valence-corrected chi connectivity index (χ2v) is 7.50. The molecule has 0 saturated heterocycles. The molecule has 136 valence electrons. The minimum atomic E-state index is 0.0325. The molecule has 25 heavy (non-hydrogen) atoms. The lowest BCUT2D eigenvalue weighted by Gasteiger charge is -2.13. The summed E-state index contributed by atoms with van der Waals surface area (Å²) in [4.78, 5) is 12.0. The Morgan fingerprint density at radius 3 is 2.72 bits per heavy atom. The van der Waals surface area contributed by atoms with Gasteiger partial charge in [0.05, 0.1) is 18.0 Å². The molecule has 1 aromatic carbocycles. The molecule has 0 bridgehead atoms. The normalized spacial score (nSPS) is 10.7. The van der Waals surface area contributed by atoms with E-state index in [0.717, 1.165) is 28.6 Å². The molecule has 0 aliphatic carbocycles. The molecule has 1 aromatic heterocycles. The van der Waals surface area contributed by atoms with Crippen LogP contribution in [-0.2, 0) is 4.79 Å². The van der Waals surface area contributed by atoms with E-state index < -0.39 is 0 Å². The summed E-state index contributed by atoms with van der Waals surface area (Å²) in [6.45, 7) is 6.69. The second kappa shape index (κ2) is 10.2. The van der Waals surface area contributed by atoms with E-state index in [1.807, 2.05) is 31.2 Å². The van der Waals surface area contributed by atoms with Gasteiger partial charge >= 0.3 is 0 Å². The molecule has 0 aliphatic heterocycles. The number of aromatic nitrogens is 2. The van der Waals surface area contributed by atoms with E-state index in [-0.39, 0.29) is 11.9 Å². The summed E-state index contributed by atoms with van der Waals surface area (Å²) in [5.74, 6) is 1.16. The molecule has 1 amide bonds. The Bertz CT molecular complexity index is 674. The molecule has 0 unspecified atom stereocenters. The van der Waals surface area contributed by atoms with Gasteiger partial charge in [-0.05, 0) is 31.9 Å². The van der Waals surface area contributed by atoms with Crippen LogP contribution in [0.3, 0.4) is 0 Å². The molecule has 2 aromatic rings. The zero-order valence-corrected chi connectivity index (χ0v) is 16.4. The highest BCUT2D eigenvalue weighted by Crippen LogP contribution is 2.31. The molecule has 6 nitrogen and oxygen atoms in total. The monoisotopic (exact) mass is 380 g/mol. The van der Waals surface area contributed by atoms with Gasteiger partial charge in [-0.15, -0.1) is 10.2 Å². The number of benzene rings is 1. The first-order chi connectivity index (χ1) is 12.2. The van der Waals surface area contributed by atoms with Crippen molar-refractivity contribution in [2.75, 3.05) is 17.7 Å². The molecule has 0 radical (unpaired) electrons. The molecule has 0 fully saturated rings. The van der Waals surface area contributed by atoms with Crippen LogP contribution in [-0.4, -0.2) is 34.5 Å². The topological polar surface area (TPSA) is 76.1 Å². The average Bonchev–Trinajstić information content (AvgIpc) is 3.07. The van der Waals surface area contributed by atoms with Crippen LogP contribution in [0.4, 0.5) is 10.8 Å². The van der Waals surface area contributed by atoms with E-state index >= 15 is 0 Å². The fourth-order valence-corrected chi connectivity index (χ4v) is 3.75. The van der Waals surface area contributed by atoms with Gasteiger partial charge in [-0.3, -0.25) is 4.79 Å².